The second-order valence-corrected chi connectivity index (χ2v) is 11.4. The van der Waals surface area contributed by atoms with Gasteiger partial charge in [-0.3, -0.25) is 4.79 Å². The Labute approximate surface area is 243 Å². The molecule has 8 bridgehead atoms. The monoisotopic (exact) mass is 546 g/mol. The van der Waals surface area contributed by atoms with Gasteiger partial charge in [0, 0.05) is 27.7 Å². The molecule has 5 heteroatoms. The Balaban J connectivity index is 1.59. The molecule has 5 aromatic rings. The maximum atomic E-state index is 12.9. The van der Waals surface area contributed by atoms with Crippen LogP contribution in [0.2, 0.25) is 0 Å². The largest absolute Gasteiger partial charge is 0.354 e. The van der Waals surface area contributed by atoms with Crippen molar-refractivity contribution < 1.29 is 0 Å². The van der Waals surface area contributed by atoms with Crippen molar-refractivity contribution in [2.24, 2.45) is 0 Å². The zero-order valence-electron chi connectivity index (χ0n) is 24.1. The van der Waals surface area contributed by atoms with Crippen LogP contribution in [-0.2, 0) is 0 Å². The van der Waals surface area contributed by atoms with E-state index >= 15 is 0 Å². The first-order valence-corrected chi connectivity index (χ1v) is 14.7. The van der Waals surface area contributed by atoms with E-state index in [0.29, 0.717) is 5.52 Å². The van der Waals surface area contributed by atoms with Crippen LogP contribution < -0.4 is 5.43 Å². The molecule has 204 valence electrons. The number of rotatable bonds is 2. The van der Waals surface area contributed by atoms with Crippen molar-refractivity contribution in [3.05, 3.63) is 106 Å². The molecule has 1 aliphatic carbocycles. The molecule has 42 heavy (non-hydrogen) atoms. The first-order chi connectivity index (χ1) is 20.4. The van der Waals surface area contributed by atoms with Crippen LogP contribution in [0, 0.1) is 0 Å². The first-order valence-electron chi connectivity index (χ1n) is 14.7. The molecule has 3 aliphatic rings. The van der Waals surface area contributed by atoms with E-state index in [1.807, 2.05) is 18.2 Å². The van der Waals surface area contributed by atoms with Crippen molar-refractivity contribution >= 4 is 55.1 Å². The van der Waals surface area contributed by atoms with Gasteiger partial charge >= 0.3 is 0 Å². The molecule has 0 amide bonds. The molecule has 3 aromatic heterocycles. The van der Waals surface area contributed by atoms with E-state index < -0.39 is 0 Å². The molecule has 2 aliphatic heterocycles. The molecule has 2 N–H and O–H groups in total. The lowest BCUT2D eigenvalue weighted by atomic mass is 10.0. The summed E-state index contributed by atoms with van der Waals surface area (Å²) in [5.74, 6) is 0. The molecule has 5 heterocycles. The van der Waals surface area contributed by atoms with Gasteiger partial charge in [-0.15, -0.1) is 0 Å². The minimum atomic E-state index is -0.0626. The van der Waals surface area contributed by atoms with E-state index in [4.69, 9.17) is 9.97 Å². The second kappa shape index (κ2) is 8.98. The molecular formula is C37H30N4O. The van der Waals surface area contributed by atoms with Crippen LogP contribution in [0.25, 0.3) is 77.4 Å². The van der Waals surface area contributed by atoms with Gasteiger partial charge in [0.25, 0.3) is 0 Å². The number of nitrogens with one attached hydrogen (secondary N) is 2. The lowest BCUT2D eigenvalue weighted by Crippen LogP contribution is -2.00. The molecule has 0 atom stereocenters. The number of aromatic amines is 2. The SMILES string of the molecule is CCC1=C(C)c2cc3ccc(=O)c(cc4nc(cc5[nH]c(cc1n2)c1c5-c2cccc5cccc-1c25)C(CC)=C4C)[nH]3. The van der Waals surface area contributed by atoms with Crippen LogP contribution in [0.4, 0.5) is 0 Å². The Morgan fingerprint density at radius 1 is 0.619 bits per heavy atom. The molecule has 0 saturated carbocycles. The molecule has 0 saturated heterocycles. The summed E-state index contributed by atoms with van der Waals surface area (Å²) in [6, 6.07) is 24.9. The van der Waals surface area contributed by atoms with Crippen LogP contribution in [0.5, 0.6) is 0 Å². The third-order valence-electron chi connectivity index (χ3n) is 9.08. The van der Waals surface area contributed by atoms with Gasteiger partial charge in [0.15, 0.2) is 0 Å². The van der Waals surface area contributed by atoms with E-state index in [1.165, 1.54) is 44.2 Å². The third-order valence-corrected chi connectivity index (χ3v) is 9.08. The van der Waals surface area contributed by atoms with Gasteiger partial charge in [0.05, 0.1) is 28.3 Å². The molecule has 8 rings (SSSR count). The van der Waals surface area contributed by atoms with Gasteiger partial charge in [0.1, 0.15) is 0 Å². The molecule has 0 unspecified atom stereocenters. The zero-order chi connectivity index (χ0) is 28.7. The van der Waals surface area contributed by atoms with E-state index in [9.17, 15) is 4.79 Å². The summed E-state index contributed by atoms with van der Waals surface area (Å²) in [6.07, 6.45) is 1.72. The number of nitrogens with zero attached hydrogens (tertiary/aromatic N) is 2. The maximum absolute atomic E-state index is 12.9. The van der Waals surface area contributed by atoms with Gasteiger partial charge in [-0.1, -0.05) is 50.2 Å². The predicted molar refractivity (Wildman–Crippen MR) is 175 cm³/mol. The van der Waals surface area contributed by atoms with Gasteiger partial charge in [-0.2, -0.15) is 0 Å². The standard InChI is InChI=1S/C37H30N4O/c1-5-23-19(3)27-15-22-13-14-34(42)31(38-22)16-28-20(4)24(6-2)30(40-28)18-33-37-26-12-8-10-21-9-7-11-25(35(21)26)36(37)32(41-33)17-29(23)39-27/h7-18,38,41H,5-6H2,1-4H3. The van der Waals surface area contributed by atoms with Crippen molar-refractivity contribution in [2.45, 2.75) is 40.5 Å². The minimum Gasteiger partial charge on any atom is -0.354 e. The van der Waals surface area contributed by atoms with Crippen molar-refractivity contribution in [1.29, 1.82) is 0 Å². The van der Waals surface area contributed by atoms with Gasteiger partial charge in [-0.05, 0) is 107 Å². The van der Waals surface area contributed by atoms with E-state index in [2.05, 4.69) is 86.2 Å². The number of hydrogen-bond acceptors (Lipinski definition) is 3. The Morgan fingerprint density at radius 2 is 1.17 bits per heavy atom. The number of H-pyrrole nitrogens is 2. The van der Waals surface area contributed by atoms with Gasteiger partial charge in [-0.25, -0.2) is 9.97 Å². The van der Waals surface area contributed by atoms with E-state index in [-0.39, 0.29) is 5.43 Å². The second-order valence-electron chi connectivity index (χ2n) is 11.4. The number of hydrogen-bond donors (Lipinski definition) is 2. The highest BCUT2D eigenvalue weighted by Crippen LogP contribution is 2.51. The number of pyridine rings is 1. The lowest BCUT2D eigenvalue weighted by Gasteiger charge is -2.03. The molecule has 0 spiro atoms. The Bertz CT molecular complexity index is 2310. The van der Waals surface area contributed by atoms with E-state index in [1.54, 1.807) is 6.07 Å². The topological polar surface area (TPSA) is 74.4 Å². The summed E-state index contributed by atoms with van der Waals surface area (Å²) < 4.78 is 0. The molecular weight excluding hydrogens is 516 g/mol. The molecule has 2 aromatic carbocycles. The van der Waals surface area contributed by atoms with Crippen LogP contribution in [-0.4, -0.2) is 19.9 Å². The Hall–Kier alpha value is -5.03. The fourth-order valence-electron chi connectivity index (χ4n) is 7.00. The number of allylic oxidation sites excluding steroid dienone is 4. The summed E-state index contributed by atoms with van der Waals surface area (Å²) >= 11 is 0. The summed E-state index contributed by atoms with van der Waals surface area (Å²) in [4.78, 5) is 30.3. The summed E-state index contributed by atoms with van der Waals surface area (Å²) in [5, 5.41) is 2.54. The molecule has 0 fully saturated rings. The average molecular weight is 547 g/mol. The number of aromatic nitrogens is 4. The Morgan fingerprint density at radius 3 is 1.74 bits per heavy atom. The summed E-state index contributed by atoms with van der Waals surface area (Å²) in [5.41, 5.74) is 16.6. The highest BCUT2D eigenvalue weighted by atomic mass is 16.1. The van der Waals surface area contributed by atoms with Crippen molar-refractivity contribution in [3.8, 4) is 22.3 Å². The number of benzene rings is 2. The fourth-order valence-corrected chi connectivity index (χ4v) is 7.00. The van der Waals surface area contributed by atoms with Crippen LogP contribution in [0.1, 0.15) is 63.3 Å². The summed E-state index contributed by atoms with van der Waals surface area (Å²) in [6.45, 7) is 8.58. The van der Waals surface area contributed by atoms with Gasteiger partial charge in [0.2, 0.25) is 5.43 Å². The first kappa shape index (κ1) is 24.7. The van der Waals surface area contributed by atoms with Crippen LogP contribution >= 0.6 is 0 Å². The maximum Gasteiger partial charge on any atom is 0.202 e. The molecule has 0 radical (unpaired) electrons. The minimum absolute atomic E-state index is 0.0626. The van der Waals surface area contributed by atoms with Crippen LogP contribution in [0.3, 0.4) is 0 Å². The molecule has 5 nitrogen and oxygen atoms in total. The lowest BCUT2D eigenvalue weighted by molar-refractivity contribution is 1.21. The predicted octanol–water partition coefficient (Wildman–Crippen LogP) is 9.16. The number of fused-ring (bicyclic) bond motifs is 13. The van der Waals surface area contributed by atoms with Crippen LogP contribution in [0.15, 0.2) is 77.6 Å². The smallest absolute Gasteiger partial charge is 0.202 e. The van der Waals surface area contributed by atoms with Gasteiger partial charge < -0.3 is 9.97 Å². The highest BCUT2D eigenvalue weighted by molar-refractivity contribution is 6.22. The third kappa shape index (κ3) is 3.46. The Kier molecular flexibility index (Phi) is 5.29. The average Bonchev–Trinajstić information content (AvgIpc) is 3.68. The van der Waals surface area contributed by atoms with Crippen molar-refractivity contribution in [2.75, 3.05) is 0 Å². The fraction of sp³-hybridized carbons (Fsp3) is 0.162. The normalized spacial score (nSPS) is 13.8. The summed E-state index contributed by atoms with van der Waals surface area (Å²) in [7, 11) is 0. The van der Waals surface area contributed by atoms with E-state index in [0.717, 1.165) is 63.3 Å². The quantitative estimate of drug-likeness (QED) is 0.227. The zero-order valence-corrected chi connectivity index (χ0v) is 24.1. The van der Waals surface area contributed by atoms with Crippen molar-refractivity contribution in [1.82, 2.24) is 19.9 Å². The van der Waals surface area contributed by atoms with Crippen molar-refractivity contribution in [3.63, 3.8) is 0 Å². The highest BCUT2D eigenvalue weighted by Gasteiger charge is 2.27.